The monoisotopic (exact) mass is 511 g/mol. The second-order valence-corrected chi connectivity index (χ2v) is 8.61. The first-order valence-corrected chi connectivity index (χ1v) is 11.6. The third kappa shape index (κ3) is 10.2. The average molecular weight is 512 g/mol. The number of nitrogens with one attached hydrogen (secondary N) is 3. The van der Waals surface area contributed by atoms with Gasteiger partial charge in [-0.15, -0.1) is 0 Å². The molecule has 36 heavy (non-hydrogen) atoms. The minimum Gasteiger partial charge on any atom is -0.508 e. The summed E-state index contributed by atoms with van der Waals surface area (Å²) in [7, 11) is 0. The number of hydrogen-bond donors (Lipinski definition) is 9. The van der Waals surface area contributed by atoms with Crippen LogP contribution in [0.25, 0.3) is 0 Å². The van der Waals surface area contributed by atoms with Crippen molar-refractivity contribution >= 4 is 23.7 Å². The van der Waals surface area contributed by atoms with Crippen molar-refractivity contribution in [3.05, 3.63) is 29.8 Å². The fourth-order valence-electron chi connectivity index (χ4n) is 3.23. The summed E-state index contributed by atoms with van der Waals surface area (Å²) in [4.78, 5) is 49.9. The first-order valence-electron chi connectivity index (χ1n) is 11.6. The predicted molar refractivity (Wildman–Crippen MR) is 129 cm³/mol. The Hall–Kier alpha value is -3.26. The number of phenolic OH excluding ortho intramolecular Hbond substituents is 1. The van der Waals surface area contributed by atoms with Gasteiger partial charge in [0.05, 0.1) is 12.2 Å². The van der Waals surface area contributed by atoms with Crippen molar-refractivity contribution in [2.24, 2.45) is 11.5 Å². The molecule has 0 saturated carbocycles. The lowest BCUT2D eigenvalue weighted by molar-refractivity contribution is -0.142. The van der Waals surface area contributed by atoms with Gasteiger partial charge >= 0.3 is 5.97 Å². The molecule has 0 bridgehead atoms. The number of carbonyl (C=O) groups excluding carboxylic acids is 3. The number of rotatable bonds is 15. The maximum atomic E-state index is 13.0. The zero-order valence-corrected chi connectivity index (χ0v) is 20.4. The standard InChI is InChI=1S/C23H37N5O8/c1-12(29)18(25)21(33)28-19(13(2)30)22(34)27-17(11-14-6-8-15(31)9-7-14)20(32)26-16(23(35)36)5-3-4-10-24/h6-9,12-13,16-19,29-31H,3-5,10-11,24-25H2,1-2H3,(H,26,32)(H,27,34)(H,28,33)(H,35,36)/t12-,13-,16+,17+,18+,19+/m1/s1. The van der Waals surface area contributed by atoms with Gasteiger partial charge in [-0.3, -0.25) is 14.4 Å². The highest BCUT2D eigenvalue weighted by molar-refractivity contribution is 5.94. The molecule has 1 aromatic carbocycles. The van der Waals surface area contributed by atoms with Crippen molar-refractivity contribution in [1.29, 1.82) is 0 Å². The molecule has 0 aromatic heterocycles. The molecule has 0 heterocycles. The number of carboxylic acids is 1. The van der Waals surface area contributed by atoms with E-state index in [2.05, 4.69) is 16.0 Å². The van der Waals surface area contributed by atoms with Crippen LogP contribution >= 0.6 is 0 Å². The van der Waals surface area contributed by atoms with Gasteiger partial charge in [-0.25, -0.2) is 4.79 Å². The number of benzene rings is 1. The Morgan fingerprint density at radius 3 is 1.94 bits per heavy atom. The van der Waals surface area contributed by atoms with Crippen LogP contribution in [0.4, 0.5) is 0 Å². The molecule has 6 atom stereocenters. The summed E-state index contributed by atoms with van der Waals surface area (Å²) >= 11 is 0. The molecule has 0 spiro atoms. The minimum atomic E-state index is -1.52. The molecule has 13 heteroatoms. The van der Waals surface area contributed by atoms with Gasteiger partial charge < -0.3 is 47.8 Å². The molecular formula is C23H37N5O8. The van der Waals surface area contributed by atoms with Crippen LogP contribution in [0.3, 0.4) is 0 Å². The maximum absolute atomic E-state index is 13.0. The molecule has 11 N–H and O–H groups in total. The van der Waals surface area contributed by atoms with E-state index in [-0.39, 0.29) is 18.6 Å². The van der Waals surface area contributed by atoms with Crippen molar-refractivity contribution in [3.63, 3.8) is 0 Å². The molecule has 202 valence electrons. The topological polar surface area (TPSA) is 237 Å². The van der Waals surface area contributed by atoms with Gasteiger partial charge in [-0.05, 0) is 57.4 Å². The number of aliphatic hydroxyl groups is 2. The van der Waals surface area contributed by atoms with E-state index in [1.54, 1.807) is 0 Å². The summed E-state index contributed by atoms with van der Waals surface area (Å²) in [6.07, 6.45) is -1.54. The van der Waals surface area contributed by atoms with Crippen LogP contribution in [0.5, 0.6) is 5.75 Å². The number of nitrogens with two attached hydrogens (primary N) is 2. The lowest BCUT2D eigenvalue weighted by Gasteiger charge is -2.27. The van der Waals surface area contributed by atoms with Crippen LogP contribution in [-0.2, 0) is 25.6 Å². The van der Waals surface area contributed by atoms with Crippen molar-refractivity contribution in [3.8, 4) is 5.75 Å². The van der Waals surface area contributed by atoms with E-state index < -0.39 is 60.1 Å². The second-order valence-electron chi connectivity index (χ2n) is 8.61. The van der Waals surface area contributed by atoms with Crippen LogP contribution in [0.15, 0.2) is 24.3 Å². The number of unbranched alkanes of at least 4 members (excludes halogenated alkanes) is 1. The van der Waals surface area contributed by atoms with Gasteiger partial charge in [0, 0.05) is 6.42 Å². The molecule has 0 fully saturated rings. The predicted octanol–water partition coefficient (Wildman–Crippen LogP) is -2.31. The van der Waals surface area contributed by atoms with Gasteiger partial charge in [-0.1, -0.05) is 12.1 Å². The fraction of sp³-hybridized carbons (Fsp3) is 0.565. The SMILES string of the molecule is C[C@@H](O)[C@H](N)C(=O)N[C@H](C(=O)N[C@@H](Cc1ccc(O)cc1)C(=O)N[C@@H](CCCCN)C(=O)O)[C@@H](C)O. The normalized spacial score (nSPS) is 16.1. The summed E-state index contributed by atoms with van der Waals surface area (Å²) in [6, 6.07) is 0.421. The molecule has 1 aromatic rings. The van der Waals surface area contributed by atoms with E-state index in [0.717, 1.165) is 0 Å². The fourth-order valence-corrected chi connectivity index (χ4v) is 3.23. The highest BCUT2D eigenvalue weighted by atomic mass is 16.4. The first kappa shape index (κ1) is 30.8. The molecule has 0 radical (unpaired) electrons. The molecule has 0 aliphatic carbocycles. The van der Waals surface area contributed by atoms with E-state index in [1.165, 1.54) is 38.1 Å². The Balaban J connectivity index is 3.11. The van der Waals surface area contributed by atoms with Crippen LogP contribution in [0.2, 0.25) is 0 Å². The first-order chi connectivity index (χ1) is 16.9. The van der Waals surface area contributed by atoms with Gasteiger partial charge in [0.15, 0.2) is 0 Å². The molecule has 0 aliphatic heterocycles. The lowest BCUT2D eigenvalue weighted by atomic mass is 10.0. The number of aliphatic hydroxyl groups excluding tert-OH is 2. The third-order valence-electron chi connectivity index (χ3n) is 5.46. The molecular weight excluding hydrogens is 474 g/mol. The number of phenols is 1. The van der Waals surface area contributed by atoms with Crippen molar-refractivity contribution in [1.82, 2.24) is 16.0 Å². The second kappa shape index (κ2) is 15.0. The summed E-state index contributed by atoms with van der Waals surface area (Å²) in [5, 5.41) is 45.7. The Kier molecular flexibility index (Phi) is 12.8. The van der Waals surface area contributed by atoms with E-state index in [0.29, 0.717) is 24.9 Å². The van der Waals surface area contributed by atoms with Crippen molar-refractivity contribution in [2.45, 2.75) is 75.9 Å². The van der Waals surface area contributed by atoms with Gasteiger partial charge in [0.2, 0.25) is 17.7 Å². The Morgan fingerprint density at radius 2 is 1.44 bits per heavy atom. The largest absolute Gasteiger partial charge is 0.508 e. The average Bonchev–Trinajstić information content (AvgIpc) is 2.81. The van der Waals surface area contributed by atoms with E-state index in [1.807, 2.05) is 0 Å². The highest BCUT2D eigenvalue weighted by Gasteiger charge is 2.33. The zero-order chi connectivity index (χ0) is 27.4. The number of aliphatic carboxylic acids is 1. The summed E-state index contributed by atoms with van der Waals surface area (Å²) in [5.74, 6) is -3.88. The van der Waals surface area contributed by atoms with Gasteiger partial charge in [0.25, 0.3) is 0 Å². The maximum Gasteiger partial charge on any atom is 0.326 e. The molecule has 1 rings (SSSR count). The van der Waals surface area contributed by atoms with Crippen LogP contribution in [-0.4, -0.2) is 87.0 Å². The Bertz CT molecular complexity index is 878. The summed E-state index contributed by atoms with van der Waals surface area (Å²) in [5.41, 5.74) is 11.6. The quantitative estimate of drug-likeness (QED) is 0.114. The Labute approximate surface area is 209 Å². The molecule has 0 unspecified atom stereocenters. The van der Waals surface area contributed by atoms with Crippen LogP contribution < -0.4 is 27.4 Å². The smallest absolute Gasteiger partial charge is 0.326 e. The number of hydrogen-bond acceptors (Lipinski definition) is 9. The number of carboxylic acid groups (broad SMARTS) is 1. The molecule has 0 saturated heterocycles. The van der Waals surface area contributed by atoms with Gasteiger partial charge in [-0.2, -0.15) is 0 Å². The van der Waals surface area contributed by atoms with Crippen LogP contribution in [0.1, 0.15) is 38.7 Å². The zero-order valence-electron chi connectivity index (χ0n) is 20.4. The summed E-state index contributed by atoms with van der Waals surface area (Å²) < 4.78 is 0. The van der Waals surface area contributed by atoms with E-state index >= 15 is 0 Å². The lowest BCUT2D eigenvalue weighted by Crippen LogP contribution is -2.61. The van der Waals surface area contributed by atoms with E-state index in [4.69, 9.17) is 11.5 Å². The van der Waals surface area contributed by atoms with Crippen molar-refractivity contribution in [2.75, 3.05) is 6.54 Å². The van der Waals surface area contributed by atoms with Crippen molar-refractivity contribution < 1.29 is 39.6 Å². The van der Waals surface area contributed by atoms with Gasteiger partial charge in [0.1, 0.15) is 29.9 Å². The summed E-state index contributed by atoms with van der Waals surface area (Å²) in [6.45, 7) is 2.89. The number of aromatic hydroxyl groups is 1. The Morgan fingerprint density at radius 1 is 0.861 bits per heavy atom. The molecule has 3 amide bonds. The highest BCUT2D eigenvalue weighted by Crippen LogP contribution is 2.12. The van der Waals surface area contributed by atoms with E-state index in [9.17, 15) is 39.6 Å². The number of carbonyl (C=O) groups is 4. The molecule has 0 aliphatic rings. The van der Waals surface area contributed by atoms with Crippen LogP contribution in [0, 0.1) is 0 Å². The number of amides is 3. The third-order valence-corrected chi connectivity index (χ3v) is 5.46. The molecule has 13 nitrogen and oxygen atoms in total. The minimum absolute atomic E-state index is 0.0130.